The van der Waals surface area contributed by atoms with Gasteiger partial charge in [0.25, 0.3) is 0 Å². The molecule has 1 aliphatic carbocycles. The van der Waals surface area contributed by atoms with E-state index >= 15 is 0 Å². The van der Waals surface area contributed by atoms with Gasteiger partial charge in [-0.25, -0.2) is 4.98 Å². The maximum atomic E-state index is 9.01. The molecular formula is C31H47N3O2. The number of unbranched alkanes of at least 4 members (excludes halogenated alkanes) is 2. The first-order valence-corrected chi connectivity index (χ1v) is 14.1. The summed E-state index contributed by atoms with van der Waals surface area (Å²) < 4.78 is 6.19. The molecule has 2 aromatic rings. The lowest BCUT2D eigenvalue weighted by molar-refractivity contribution is 0.242. The van der Waals surface area contributed by atoms with Crippen molar-refractivity contribution in [3.63, 3.8) is 0 Å². The van der Waals surface area contributed by atoms with Gasteiger partial charge in [-0.05, 0) is 85.2 Å². The number of pyridine rings is 1. The van der Waals surface area contributed by atoms with Gasteiger partial charge in [0, 0.05) is 38.3 Å². The summed E-state index contributed by atoms with van der Waals surface area (Å²) in [4.78, 5) is 10.2. The van der Waals surface area contributed by atoms with Crippen LogP contribution in [-0.4, -0.2) is 60.9 Å². The van der Waals surface area contributed by atoms with Gasteiger partial charge in [0.05, 0.1) is 6.61 Å². The van der Waals surface area contributed by atoms with Gasteiger partial charge in [0.15, 0.2) is 0 Å². The van der Waals surface area contributed by atoms with Crippen LogP contribution in [0.15, 0.2) is 30.3 Å². The Morgan fingerprint density at radius 2 is 1.61 bits per heavy atom. The molecule has 1 aromatic heterocycles. The Bertz CT molecular complexity index is 1010. The van der Waals surface area contributed by atoms with Crippen LogP contribution in [0.1, 0.15) is 84.3 Å². The number of aliphatic hydroxyl groups is 1. The summed E-state index contributed by atoms with van der Waals surface area (Å²) >= 11 is 0. The summed E-state index contributed by atoms with van der Waals surface area (Å²) in [5.74, 6) is 1.93. The number of nitrogens with zero attached hydrogens (tertiary/aromatic N) is 3. The minimum atomic E-state index is 0.163. The Morgan fingerprint density at radius 3 is 2.31 bits per heavy atom. The SMILES string of the molecule is CCCOc1ccc(N2CCN(CCCCCO)CC2)nc1-c1ccc2c(c1)C(C)(C)CCC2(C)C. The average Bonchev–Trinajstić information content (AvgIpc) is 2.88. The number of rotatable bonds is 10. The number of benzene rings is 1. The van der Waals surface area contributed by atoms with Crippen molar-refractivity contribution in [1.29, 1.82) is 0 Å². The number of hydrogen-bond donors (Lipinski definition) is 1. The molecule has 198 valence electrons. The van der Waals surface area contributed by atoms with Gasteiger partial charge in [0.1, 0.15) is 17.3 Å². The van der Waals surface area contributed by atoms with Crippen LogP contribution in [0.5, 0.6) is 5.75 Å². The van der Waals surface area contributed by atoms with Crippen molar-refractivity contribution in [3.05, 3.63) is 41.5 Å². The number of ether oxygens (including phenoxy) is 1. The monoisotopic (exact) mass is 493 g/mol. The molecule has 1 N–H and O–H groups in total. The number of hydrogen-bond acceptors (Lipinski definition) is 5. The molecule has 2 heterocycles. The van der Waals surface area contributed by atoms with Crippen LogP contribution < -0.4 is 9.64 Å². The van der Waals surface area contributed by atoms with Gasteiger partial charge in [0.2, 0.25) is 0 Å². The summed E-state index contributed by atoms with van der Waals surface area (Å²) in [5, 5.41) is 9.01. The van der Waals surface area contributed by atoms with Crippen LogP contribution in [-0.2, 0) is 10.8 Å². The minimum Gasteiger partial charge on any atom is -0.491 e. The highest BCUT2D eigenvalue weighted by atomic mass is 16.5. The van der Waals surface area contributed by atoms with E-state index in [9.17, 15) is 0 Å². The van der Waals surface area contributed by atoms with E-state index in [0.29, 0.717) is 13.2 Å². The molecule has 1 aliphatic heterocycles. The van der Waals surface area contributed by atoms with E-state index in [1.807, 2.05) is 0 Å². The first kappa shape index (κ1) is 26.9. The van der Waals surface area contributed by atoms with Crippen LogP contribution >= 0.6 is 0 Å². The summed E-state index contributed by atoms with van der Waals surface area (Å²) in [6.07, 6.45) is 6.59. The molecule has 0 unspecified atom stereocenters. The third-order valence-corrected chi connectivity index (χ3v) is 8.26. The number of anilines is 1. The zero-order valence-electron chi connectivity index (χ0n) is 23.3. The zero-order valence-corrected chi connectivity index (χ0v) is 23.3. The maximum Gasteiger partial charge on any atom is 0.145 e. The lowest BCUT2D eigenvalue weighted by Gasteiger charge is -2.42. The molecule has 4 rings (SSSR count). The predicted molar refractivity (Wildman–Crippen MR) is 150 cm³/mol. The molecule has 0 amide bonds. The van der Waals surface area contributed by atoms with E-state index < -0.39 is 0 Å². The molecule has 1 saturated heterocycles. The highest BCUT2D eigenvalue weighted by molar-refractivity contribution is 5.70. The summed E-state index contributed by atoms with van der Waals surface area (Å²) in [6.45, 7) is 17.9. The molecular weight excluding hydrogens is 446 g/mol. The quantitative estimate of drug-likeness (QED) is 0.401. The summed E-state index contributed by atoms with van der Waals surface area (Å²) in [7, 11) is 0. The van der Waals surface area contributed by atoms with Crippen LogP contribution in [0.2, 0.25) is 0 Å². The normalized spacial score (nSPS) is 19.2. The molecule has 36 heavy (non-hydrogen) atoms. The third kappa shape index (κ3) is 6.06. The first-order valence-electron chi connectivity index (χ1n) is 14.1. The molecule has 0 atom stereocenters. The number of aromatic nitrogens is 1. The predicted octanol–water partition coefficient (Wildman–Crippen LogP) is 6.17. The Kier molecular flexibility index (Phi) is 8.62. The van der Waals surface area contributed by atoms with Crippen molar-refractivity contribution in [3.8, 4) is 17.0 Å². The number of fused-ring (bicyclic) bond motifs is 1. The zero-order chi connectivity index (χ0) is 25.8. The maximum absolute atomic E-state index is 9.01. The van der Waals surface area contributed by atoms with E-state index in [-0.39, 0.29) is 10.8 Å². The highest BCUT2D eigenvalue weighted by Crippen LogP contribution is 2.47. The second kappa shape index (κ2) is 11.5. The first-order chi connectivity index (χ1) is 17.2. The van der Waals surface area contributed by atoms with Crippen molar-refractivity contribution in [1.82, 2.24) is 9.88 Å². The second-order valence-corrected chi connectivity index (χ2v) is 12.0. The lowest BCUT2D eigenvalue weighted by atomic mass is 9.63. The van der Waals surface area contributed by atoms with Gasteiger partial charge in [-0.3, -0.25) is 4.90 Å². The molecule has 0 saturated carbocycles. The Hall–Kier alpha value is -2.11. The average molecular weight is 494 g/mol. The van der Waals surface area contributed by atoms with Gasteiger partial charge in [-0.2, -0.15) is 0 Å². The third-order valence-electron chi connectivity index (χ3n) is 8.26. The van der Waals surface area contributed by atoms with Gasteiger partial charge in [-0.1, -0.05) is 46.8 Å². The van der Waals surface area contributed by atoms with E-state index in [1.165, 1.54) is 24.0 Å². The van der Waals surface area contributed by atoms with Crippen molar-refractivity contribution in [2.24, 2.45) is 0 Å². The van der Waals surface area contributed by atoms with Crippen LogP contribution in [0.3, 0.4) is 0 Å². The minimum absolute atomic E-state index is 0.163. The van der Waals surface area contributed by atoms with Crippen molar-refractivity contribution in [2.75, 3.05) is 50.8 Å². The molecule has 1 aromatic carbocycles. The molecule has 0 bridgehead atoms. The molecule has 0 spiro atoms. The van der Waals surface area contributed by atoms with E-state index in [0.717, 1.165) is 81.2 Å². The van der Waals surface area contributed by atoms with Gasteiger partial charge in [-0.15, -0.1) is 0 Å². The smallest absolute Gasteiger partial charge is 0.145 e. The second-order valence-electron chi connectivity index (χ2n) is 12.0. The van der Waals surface area contributed by atoms with Gasteiger partial charge >= 0.3 is 0 Å². The fourth-order valence-electron chi connectivity index (χ4n) is 5.71. The van der Waals surface area contributed by atoms with E-state index in [1.54, 1.807) is 0 Å². The molecule has 0 radical (unpaired) electrons. The largest absolute Gasteiger partial charge is 0.491 e. The fourth-order valence-corrected chi connectivity index (χ4v) is 5.71. The molecule has 1 fully saturated rings. The topological polar surface area (TPSA) is 48.8 Å². The summed E-state index contributed by atoms with van der Waals surface area (Å²) in [5.41, 5.74) is 5.43. The van der Waals surface area contributed by atoms with Crippen molar-refractivity contribution < 1.29 is 9.84 Å². The molecule has 5 heteroatoms. The van der Waals surface area contributed by atoms with Crippen molar-refractivity contribution in [2.45, 2.75) is 84.0 Å². The Morgan fingerprint density at radius 1 is 0.889 bits per heavy atom. The van der Waals surface area contributed by atoms with E-state index in [2.05, 4.69) is 74.8 Å². The van der Waals surface area contributed by atoms with Crippen LogP contribution in [0.4, 0.5) is 5.82 Å². The Labute approximate surface area is 218 Å². The van der Waals surface area contributed by atoms with Crippen molar-refractivity contribution >= 4 is 5.82 Å². The fraction of sp³-hybridized carbons (Fsp3) is 0.645. The lowest BCUT2D eigenvalue weighted by Crippen LogP contribution is -2.46. The van der Waals surface area contributed by atoms with E-state index in [4.69, 9.17) is 14.8 Å². The summed E-state index contributed by atoms with van der Waals surface area (Å²) in [6, 6.07) is 11.3. The molecule has 2 aliphatic rings. The highest BCUT2D eigenvalue weighted by Gasteiger charge is 2.37. The molecule has 5 nitrogen and oxygen atoms in total. The Balaban J connectivity index is 1.58. The number of piperazine rings is 1. The van der Waals surface area contributed by atoms with Gasteiger partial charge < -0.3 is 14.7 Å². The number of aliphatic hydroxyl groups excluding tert-OH is 1. The standard InChI is InChI=1S/C31H47N3O2/c1-6-22-36-27-12-13-28(34-19-17-33(18-20-34)16-8-7-9-21-35)32-29(27)24-10-11-25-26(23-24)31(4,5)15-14-30(25,2)3/h10-13,23,35H,6-9,14-22H2,1-5H3. The van der Waals surface area contributed by atoms with Crippen LogP contribution in [0, 0.1) is 0 Å². The van der Waals surface area contributed by atoms with Crippen LogP contribution in [0.25, 0.3) is 11.3 Å².